The van der Waals surface area contributed by atoms with Gasteiger partial charge in [-0.05, 0) is 58.7 Å². The van der Waals surface area contributed by atoms with E-state index in [0.29, 0.717) is 22.2 Å². The molecule has 0 unspecified atom stereocenters. The first kappa shape index (κ1) is 27.2. The van der Waals surface area contributed by atoms with Gasteiger partial charge in [0, 0.05) is 21.5 Å². The standard InChI is InChI=1S/C40H22N8/c41-23-27-21-35-39(47(45-43-35)29-9-3-1-4-10-29)33-15-7-13-31(37(27)33)25-17-19-26(20-18-25)32-14-8-16-34-38(32)28(24-42)22-36-40(34)48(46-44-36)30-11-5-2-6-12-30/h1-22H. The van der Waals surface area contributed by atoms with Crippen LogP contribution in [0.1, 0.15) is 11.1 Å². The molecule has 0 saturated carbocycles. The molecule has 7 aromatic carbocycles. The van der Waals surface area contributed by atoms with Gasteiger partial charge in [-0.15, -0.1) is 10.2 Å². The Hall–Kier alpha value is -7.16. The fraction of sp³-hybridized carbons (Fsp3) is 0. The molecule has 2 aromatic heterocycles. The number of para-hydroxylation sites is 2. The minimum Gasteiger partial charge on any atom is -0.212 e. The fourth-order valence-corrected chi connectivity index (χ4v) is 6.77. The maximum atomic E-state index is 10.2. The molecular weight excluding hydrogens is 592 g/mol. The van der Waals surface area contributed by atoms with Gasteiger partial charge >= 0.3 is 0 Å². The molecule has 0 amide bonds. The first-order valence-corrected chi connectivity index (χ1v) is 15.4. The summed E-state index contributed by atoms with van der Waals surface area (Å²) in [5.41, 5.74) is 9.71. The van der Waals surface area contributed by atoms with E-state index >= 15 is 0 Å². The van der Waals surface area contributed by atoms with Gasteiger partial charge in [-0.25, -0.2) is 9.36 Å². The van der Waals surface area contributed by atoms with Gasteiger partial charge in [0.15, 0.2) is 0 Å². The second-order valence-electron chi connectivity index (χ2n) is 11.5. The molecule has 0 fully saturated rings. The summed E-state index contributed by atoms with van der Waals surface area (Å²) < 4.78 is 3.66. The van der Waals surface area contributed by atoms with Crippen LogP contribution in [0.2, 0.25) is 0 Å². The zero-order valence-electron chi connectivity index (χ0n) is 25.3. The van der Waals surface area contributed by atoms with Gasteiger partial charge in [-0.3, -0.25) is 0 Å². The Kier molecular flexibility index (Phi) is 6.07. The van der Waals surface area contributed by atoms with Crippen LogP contribution in [0.4, 0.5) is 0 Å². The Morgan fingerprint density at radius 1 is 0.458 bits per heavy atom. The molecule has 0 saturated heterocycles. The highest BCUT2D eigenvalue weighted by Crippen LogP contribution is 2.39. The van der Waals surface area contributed by atoms with Crippen molar-refractivity contribution in [3.63, 3.8) is 0 Å². The van der Waals surface area contributed by atoms with Crippen LogP contribution < -0.4 is 0 Å². The number of hydrogen-bond acceptors (Lipinski definition) is 6. The molecule has 2 heterocycles. The highest BCUT2D eigenvalue weighted by molar-refractivity contribution is 6.14. The molecule has 0 bridgehead atoms. The first-order chi connectivity index (χ1) is 23.7. The number of nitriles is 2. The lowest BCUT2D eigenvalue weighted by molar-refractivity contribution is 0.825. The van der Waals surface area contributed by atoms with Crippen LogP contribution in [0.5, 0.6) is 0 Å². The van der Waals surface area contributed by atoms with Gasteiger partial charge in [0.2, 0.25) is 0 Å². The molecule has 222 valence electrons. The number of nitrogens with zero attached hydrogens (tertiary/aromatic N) is 8. The summed E-state index contributed by atoms with van der Waals surface area (Å²) in [7, 11) is 0. The van der Waals surface area contributed by atoms with E-state index in [2.05, 4.69) is 57.0 Å². The second kappa shape index (κ2) is 10.7. The van der Waals surface area contributed by atoms with E-state index in [1.54, 1.807) is 0 Å². The Bertz CT molecular complexity index is 2590. The van der Waals surface area contributed by atoms with E-state index in [1.807, 2.05) is 119 Å². The Balaban J connectivity index is 1.22. The maximum Gasteiger partial charge on any atom is 0.115 e. The van der Waals surface area contributed by atoms with Crippen molar-refractivity contribution in [1.82, 2.24) is 30.0 Å². The van der Waals surface area contributed by atoms with E-state index in [-0.39, 0.29) is 0 Å². The summed E-state index contributed by atoms with van der Waals surface area (Å²) in [5.74, 6) is 0. The third-order valence-corrected chi connectivity index (χ3v) is 8.88. The zero-order valence-corrected chi connectivity index (χ0v) is 25.3. The number of rotatable bonds is 4. The summed E-state index contributed by atoms with van der Waals surface area (Å²) >= 11 is 0. The topological polar surface area (TPSA) is 109 Å². The van der Waals surface area contributed by atoms with Gasteiger partial charge in [0.05, 0.1) is 34.6 Å². The van der Waals surface area contributed by atoms with Crippen molar-refractivity contribution in [2.75, 3.05) is 0 Å². The van der Waals surface area contributed by atoms with E-state index in [4.69, 9.17) is 0 Å². The molecule has 48 heavy (non-hydrogen) atoms. The van der Waals surface area contributed by atoms with Gasteiger partial charge in [0.25, 0.3) is 0 Å². The van der Waals surface area contributed by atoms with E-state index in [0.717, 1.165) is 66.2 Å². The minimum atomic E-state index is 0.539. The van der Waals surface area contributed by atoms with Crippen LogP contribution in [0, 0.1) is 22.7 Å². The summed E-state index contributed by atoms with van der Waals surface area (Å²) in [5, 5.41) is 41.7. The Morgan fingerprint density at radius 2 is 0.875 bits per heavy atom. The van der Waals surface area contributed by atoms with Crippen LogP contribution in [0.3, 0.4) is 0 Å². The lowest BCUT2D eigenvalue weighted by atomic mass is 9.91. The molecule has 9 rings (SSSR count). The van der Waals surface area contributed by atoms with E-state index in [9.17, 15) is 10.5 Å². The molecule has 8 nitrogen and oxygen atoms in total. The van der Waals surface area contributed by atoms with Crippen LogP contribution >= 0.6 is 0 Å². The normalized spacial score (nSPS) is 11.3. The quantitative estimate of drug-likeness (QED) is 0.197. The fourth-order valence-electron chi connectivity index (χ4n) is 6.77. The van der Waals surface area contributed by atoms with Gasteiger partial charge < -0.3 is 0 Å². The van der Waals surface area contributed by atoms with Gasteiger partial charge in [-0.1, -0.05) is 107 Å². The Morgan fingerprint density at radius 3 is 1.27 bits per heavy atom. The van der Waals surface area contributed by atoms with Crippen molar-refractivity contribution in [3.05, 3.63) is 145 Å². The molecule has 0 radical (unpaired) electrons. The average molecular weight is 615 g/mol. The predicted octanol–water partition coefficient (Wildman–Crippen LogP) is 8.54. The molecule has 8 heteroatoms. The number of aromatic nitrogens is 6. The summed E-state index contributed by atoms with van der Waals surface area (Å²) in [6.45, 7) is 0. The van der Waals surface area contributed by atoms with Crippen molar-refractivity contribution in [3.8, 4) is 45.8 Å². The maximum absolute atomic E-state index is 10.2. The molecule has 0 N–H and O–H groups in total. The van der Waals surface area contributed by atoms with Crippen molar-refractivity contribution >= 4 is 43.6 Å². The predicted molar refractivity (Wildman–Crippen MR) is 187 cm³/mol. The monoisotopic (exact) mass is 614 g/mol. The zero-order chi connectivity index (χ0) is 32.2. The van der Waals surface area contributed by atoms with Gasteiger partial charge in [-0.2, -0.15) is 10.5 Å². The van der Waals surface area contributed by atoms with E-state index < -0.39 is 0 Å². The third kappa shape index (κ3) is 4.07. The summed E-state index contributed by atoms with van der Waals surface area (Å²) in [4.78, 5) is 0. The third-order valence-electron chi connectivity index (χ3n) is 8.88. The van der Waals surface area contributed by atoms with Crippen LogP contribution in [0.15, 0.2) is 133 Å². The number of benzene rings is 7. The van der Waals surface area contributed by atoms with Gasteiger partial charge in [0.1, 0.15) is 22.1 Å². The van der Waals surface area contributed by atoms with Crippen LogP contribution in [-0.4, -0.2) is 30.0 Å². The van der Waals surface area contributed by atoms with Crippen molar-refractivity contribution in [2.45, 2.75) is 0 Å². The summed E-state index contributed by atoms with van der Waals surface area (Å²) in [6.07, 6.45) is 0. The molecule has 0 aliphatic heterocycles. The van der Waals surface area contributed by atoms with Crippen molar-refractivity contribution < 1.29 is 0 Å². The molecule has 0 atom stereocenters. The second-order valence-corrected chi connectivity index (χ2v) is 11.5. The minimum absolute atomic E-state index is 0.539. The molecule has 0 aliphatic carbocycles. The lowest BCUT2D eigenvalue weighted by Crippen LogP contribution is -1.97. The molecule has 9 aromatic rings. The largest absolute Gasteiger partial charge is 0.212 e. The van der Waals surface area contributed by atoms with Crippen LogP contribution in [0.25, 0.3) is 77.2 Å². The highest BCUT2D eigenvalue weighted by Gasteiger charge is 2.19. The summed E-state index contributed by atoms with van der Waals surface area (Å²) in [6, 6.07) is 48.6. The Labute approximate surface area is 273 Å². The van der Waals surface area contributed by atoms with Crippen molar-refractivity contribution in [1.29, 1.82) is 10.5 Å². The molecular formula is C40H22N8. The number of fused-ring (bicyclic) bond motifs is 6. The molecule has 0 spiro atoms. The van der Waals surface area contributed by atoms with Crippen LogP contribution in [-0.2, 0) is 0 Å². The first-order valence-electron chi connectivity index (χ1n) is 15.4. The van der Waals surface area contributed by atoms with E-state index in [1.165, 1.54) is 0 Å². The molecule has 0 aliphatic rings. The lowest BCUT2D eigenvalue weighted by Gasteiger charge is -2.13. The highest BCUT2D eigenvalue weighted by atomic mass is 15.4. The number of hydrogen-bond donors (Lipinski definition) is 0. The SMILES string of the molecule is N#Cc1cc2nnn(-c3ccccc3)c2c2cccc(-c3ccc(-c4cccc5c4c(C#N)cc4nnn(-c6ccccc6)c45)cc3)c12. The average Bonchev–Trinajstić information content (AvgIpc) is 3.79. The smallest absolute Gasteiger partial charge is 0.115 e. The van der Waals surface area contributed by atoms with Crippen molar-refractivity contribution in [2.24, 2.45) is 0 Å².